The molecule has 4 N–H and O–H groups in total. The molecule has 1 aliphatic carbocycles. The van der Waals surface area contributed by atoms with E-state index in [4.69, 9.17) is 11.6 Å². The second-order valence-corrected chi connectivity index (χ2v) is 10.3. The van der Waals surface area contributed by atoms with Crippen molar-refractivity contribution in [2.24, 2.45) is 0 Å². The number of hydrogen-bond donors (Lipinski definition) is 4. The van der Waals surface area contributed by atoms with E-state index < -0.39 is 17.9 Å². The second kappa shape index (κ2) is 11.2. The normalized spacial score (nSPS) is 17.2. The molecule has 2 aromatic carbocycles. The molecule has 1 aliphatic heterocycles. The third kappa shape index (κ3) is 5.46. The molecule has 8 nitrogen and oxygen atoms in total. The second-order valence-electron chi connectivity index (χ2n) is 9.92. The molecule has 3 heterocycles. The van der Waals surface area contributed by atoms with E-state index in [-0.39, 0.29) is 28.4 Å². The van der Waals surface area contributed by atoms with Crippen LogP contribution in [0.4, 0.5) is 20.2 Å². The first-order valence-electron chi connectivity index (χ1n) is 13.8. The van der Waals surface area contributed by atoms with Crippen LogP contribution in [-0.4, -0.2) is 21.0 Å². The van der Waals surface area contributed by atoms with E-state index in [1.54, 1.807) is 18.3 Å². The van der Waals surface area contributed by atoms with Gasteiger partial charge < -0.3 is 16.1 Å². The van der Waals surface area contributed by atoms with Crippen molar-refractivity contribution in [3.05, 3.63) is 106 Å². The molecule has 0 bridgehead atoms. The minimum absolute atomic E-state index is 0.110. The Hall–Kier alpha value is -4.46. The van der Waals surface area contributed by atoms with Crippen LogP contribution >= 0.6 is 11.6 Å². The number of hydrazine groups is 2. The molecule has 0 radical (unpaired) electrons. The zero-order chi connectivity index (χ0) is 29.4. The molecule has 1 saturated carbocycles. The standard InChI is InChI=1S/C30H27ClF2N8/c1-2-24(17-6-4-3-5-7-17)37-27-18(14-34)15-35-28-22(27)12-19(13-23(28)31)36-29(21-10-11-26(32)38-30(21)33)25-16-41(40-39-25)20-8-9-20/h3-7,10-13,15-16,20,24,29,36,39-40H,2,8-9H2,1H3,(H,35,37)/t24-,29?/m1/s1/i29D. The number of fused-ring (bicyclic) bond motifs is 1. The van der Waals surface area contributed by atoms with Crippen molar-refractivity contribution in [2.75, 3.05) is 10.6 Å². The van der Waals surface area contributed by atoms with E-state index in [9.17, 15) is 11.0 Å². The molecule has 0 saturated heterocycles. The first-order valence-corrected chi connectivity index (χ1v) is 13.7. The van der Waals surface area contributed by atoms with Gasteiger partial charge >= 0.3 is 0 Å². The summed E-state index contributed by atoms with van der Waals surface area (Å²) in [5.41, 5.74) is 8.75. The Morgan fingerprint density at radius 3 is 2.71 bits per heavy atom. The molecule has 2 aliphatic rings. The molecule has 2 aromatic heterocycles. The van der Waals surface area contributed by atoms with Gasteiger partial charge in [0.1, 0.15) is 6.07 Å². The van der Waals surface area contributed by atoms with Crippen molar-refractivity contribution >= 4 is 33.9 Å². The maximum absolute atomic E-state index is 15.1. The highest BCUT2D eigenvalue weighted by molar-refractivity contribution is 6.35. The van der Waals surface area contributed by atoms with Crippen molar-refractivity contribution in [1.29, 1.82) is 5.26 Å². The van der Waals surface area contributed by atoms with Crippen LogP contribution in [-0.2, 0) is 0 Å². The summed E-state index contributed by atoms with van der Waals surface area (Å²) >= 11 is 6.72. The fourth-order valence-electron chi connectivity index (χ4n) is 4.88. The number of anilines is 2. The maximum Gasteiger partial charge on any atom is 0.221 e. The van der Waals surface area contributed by atoms with Gasteiger partial charge in [0.15, 0.2) is 0 Å². The summed E-state index contributed by atoms with van der Waals surface area (Å²) in [4.78, 5) is 7.76. The van der Waals surface area contributed by atoms with Crippen LogP contribution in [0.15, 0.2) is 72.7 Å². The minimum Gasteiger partial charge on any atom is -0.377 e. The summed E-state index contributed by atoms with van der Waals surface area (Å²) in [6.07, 6.45) is 5.87. The van der Waals surface area contributed by atoms with Gasteiger partial charge in [0.25, 0.3) is 0 Å². The van der Waals surface area contributed by atoms with Crippen molar-refractivity contribution in [3.8, 4) is 6.07 Å². The molecule has 0 amide bonds. The van der Waals surface area contributed by atoms with Gasteiger partial charge in [-0.15, -0.1) is 5.53 Å². The maximum atomic E-state index is 15.1. The van der Waals surface area contributed by atoms with E-state index in [0.717, 1.165) is 30.9 Å². The van der Waals surface area contributed by atoms with E-state index in [0.29, 0.717) is 27.8 Å². The Kier molecular flexibility index (Phi) is 6.96. The number of nitrogens with one attached hydrogen (secondary N) is 4. The summed E-state index contributed by atoms with van der Waals surface area (Å²) in [6.45, 7) is 2.04. The number of hydrogen-bond acceptors (Lipinski definition) is 8. The van der Waals surface area contributed by atoms with Crippen LogP contribution in [0.2, 0.25) is 5.02 Å². The van der Waals surface area contributed by atoms with E-state index in [2.05, 4.69) is 37.6 Å². The van der Waals surface area contributed by atoms with Gasteiger partial charge in [-0.1, -0.05) is 48.9 Å². The molecule has 11 heteroatoms. The van der Waals surface area contributed by atoms with Gasteiger partial charge in [0.2, 0.25) is 11.9 Å². The van der Waals surface area contributed by atoms with Gasteiger partial charge in [-0.2, -0.15) is 19.0 Å². The lowest BCUT2D eigenvalue weighted by molar-refractivity contribution is 0.260. The smallest absolute Gasteiger partial charge is 0.221 e. The topological polar surface area (TPSA) is 101 Å². The number of rotatable bonds is 9. The summed E-state index contributed by atoms with van der Waals surface area (Å²) in [6, 6.07) is 15.8. The lowest BCUT2D eigenvalue weighted by Crippen LogP contribution is -2.38. The molecule has 4 aromatic rings. The lowest BCUT2D eigenvalue weighted by Gasteiger charge is -2.23. The predicted octanol–water partition coefficient (Wildman–Crippen LogP) is 6.48. The molecule has 1 fully saturated rings. The highest BCUT2D eigenvalue weighted by Crippen LogP contribution is 2.38. The number of benzene rings is 2. The van der Waals surface area contributed by atoms with Crippen molar-refractivity contribution in [1.82, 2.24) is 25.9 Å². The Balaban J connectivity index is 1.46. The Morgan fingerprint density at radius 1 is 1.20 bits per heavy atom. The Morgan fingerprint density at radius 2 is 2.00 bits per heavy atom. The first-order chi connectivity index (χ1) is 20.3. The van der Waals surface area contributed by atoms with Crippen molar-refractivity contribution in [3.63, 3.8) is 0 Å². The summed E-state index contributed by atoms with van der Waals surface area (Å²) in [5, 5.41) is 19.2. The van der Waals surface area contributed by atoms with Crippen LogP contribution in [0.5, 0.6) is 0 Å². The first kappa shape index (κ1) is 25.5. The number of nitrogens with zero attached hydrogens (tertiary/aromatic N) is 4. The summed E-state index contributed by atoms with van der Waals surface area (Å²) in [5.74, 6) is -2.12. The van der Waals surface area contributed by atoms with E-state index >= 15 is 4.39 Å². The predicted molar refractivity (Wildman–Crippen MR) is 154 cm³/mol. The van der Waals surface area contributed by atoms with Crippen molar-refractivity contribution in [2.45, 2.75) is 44.3 Å². The molecule has 208 valence electrons. The highest BCUT2D eigenvalue weighted by Gasteiger charge is 2.33. The van der Waals surface area contributed by atoms with Gasteiger partial charge in [-0.05, 0) is 49.1 Å². The molecular weight excluding hydrogens is 546 g/mol. The Labute approximate surface area is 242 Å². The third-order valence-electron chi connectivity index (χ3n) is 7.12. The summed E-state index contributed by atoms with van der Waals surface area (Å²) in [7, 11) is 0. The zero-order valence-corrected chi connectivity index (χ0v) is 22.8. The van der Waals surface area contributed by atoms with Crippen LogP contribution in [0.1, 0.15) is 56.3 Å². The molecule has 2 atom stereocenters. The van der Waals surface area contributed by atoms with Crippen LogP contribution < -0.4 is 21.6 Å². The zero-order valence-electron chi connectivity index (χ0n) is 23.0. The lowest BCUT2D eigenvalue weighted by atomic mass is 10.0. The summed E-state index contributed by atoms with van der Waals surface area (Å²) < 4.78 is 38.4. The van der Waals surface area contributed by atoms with E-state index in [1.807, 2.05) is 42.3 Å². The molecular formula is C30H27ClF2N8. The quantitative estimate of drug-likeness (QED) is 0.169. The number of aromatic nitrogens is 2. The largest absolute Gasteiger partial charge is 0.377 e. The van der Waals surface area contributed by atoms with Crippen LogP contribution in [0, 0.1) is 23.2 Å². The van der Waals surface area contributed by atoms with Gasteiger partial charge in [0.05, 0.1) is 40.9 Å². The Bertz CT molecular complexity index is 1730. The molecule has 0 spiro atoms. The van der Waals surface area contributed by atoms with Gasteiger partial charge in [-0.3, -0.25) is 9.99 Å². The molecule has 1 unspecified atom stereocenters. The fraction of sp³-hybridized carbons (Fsp3) is 0.233. The fourth-order valence-corrected chi connectivity index (χ4v) is 5.15. The van der Waals surface area contributed by atoms with Crippen molar-refractivity contribution < 1.29 is 10.2 Å². The monoisotopic (exact) mass is 573 g/mol. The van der Waals surface area contributed by atoms with Gasteiger partial charge in [-0.25, -0.2) is 0 Å². The molecule has 6 rings (SSSR count). The third-order valence-corrected chi connectivity index (χ3v) is 7.41. The van der Waals surface area contributed by atoms with Gasteiger partial charge in [0, 0.05) is 35.1 Å². The average Bonchev–Trinajstić information content (AvgIpc) is 3.71. The van der Waals surface area contributed by atoms with Crippen LogP contribution in [0.3, 0.4) is 0 Å². The van der Waals surface area contributed by atoms with Crippen LogP contribution in [0.25, 0.3) is 10.9 Å². The highest BCUT2D eigenvalue weighted by atomic mass is 35.5. The minimum atomic E-state index is -1.97. The number of pyridine rings is 2. The molecule has 41 heavy (non-hydrogen) atoms. The average molecular weight is 574 g/mol. The van der Waals surface area contributed by atoms with E-state index in [1.165, 1.54) is 12.3 Å². The number of nitriles is 1. The number of halogens is 3. The SMILES string of the molecule is [2H]C(Nc1cc(Cl)c2ncc(C#N)c(N[C@H](CC)c3ccccc3)c2c1)(C1=CN(C2CC2)NN1)c1ccc(F)nc1F.